The first-order valence-electron chi connectivity index (χ1n) is 10.1. The summed E-state index contributed by atoms with van der Waals surface area (Å²) in [4.78, 5) is 53.4. The van der Waals surface area contributed by atoms with Crippen molar-refractivity contribution in [2.24, 2.45) is 5.92 Å². The molecule has 1 aliphatic rings. The molecule has 32 heavy (non-hydrogen) atoms. The number of aromatic nitrogens is 2. The Balaban J connectivity index is 1.54. The van der Waals surface area contributed by atoms with Gasteiger partial charge in [0.15, 0.2) is 0 Å². The minimum Gasteiger partial charge on any atom is -0.480 e. The van der Waals surface area contributed by atoms with Crippen molar-refractivity contribution in [2.75, 3.05) is 11.9 Å². The number of aryl methyl sites for hydroxylation is 1. The van der Waals surface area contributed by atoms with Crippen LogP contribution in [0.5, 0.6) is 0 Å². The van der Waals surface area contributed by atoms with Gasteiger partial charge in [0.1, 0.15) is 6.04 Å². The maximum Gasteiger partial charge on any atom is 0.326 e. The Morgan fingerprint density at radius 3 is 2.59 bits per heavy atom. The number of carbonyl (C=O) groups is 3. The van der Waals surface area contributed by atoms with Crippen LogP contribution in [-0.4, -0.2) is 67.5 Å². The smallest absolute Gasteiger partial charge is 0.326 e. The van der Waals surface area contributed by atoms with Crippen molar-refractivity contribution >= 4 is 45.1 Å². The van der Waals surface area contributed by atoms with Crippen LogP contribution in [0.15, 0.2) is 29.1 Å². The van der Waals surface area contributed by atoms with E-state index in [4.69, 9.17) is 5.11 Å². The number of carboxylic acids is 2. The number of aliphatic carboxylic acids is 2. The molecule has 10 nitrogen and oxygen atoms in total. The van der Waals surface area contributed by atoms with Crippen LogP contribution in [-0.2, 0) is 22.4 Å². The zero-order valence-corrected chi connectivity index (χ0v) is 19.0. The van der Waals surface area contributed by atoms with E-state index in [-0.39, 0.29) is 24.3 Å². The van der Waals surface area contributed by atoms with Crippen LogP contribution in [0.4, 0.5) is 5.82 Å². The number of H-pyrrole nitrogens is 1. The molecule has 2 heterocycles. The number of carboxylic acid groups (broad SMARTS) is 2. The summed E-state index contributed by atoms with van der Waals surface area (Å²) in [6.07, 6.45) is 1.71. The van der Waals surface area contributed by atoms with Gasteiger partial charge in [0.2, 0.25) is 0 Å². The molecule has 2 aromatic rings. The van der Waals surface area contributed by atoms with Gasteiger partial charge in [-0.3, -0.25) is 9.59 Å². The van der Waals surface area contributed by atoms with Crippen LogP contribution >= 0.6 is 0 Å². The topological polar surface area (TPSA) is 161 Å². The predicted octanol–water partition coefficient (Wildman–Crippen LogP) is -0.171. The second kappa shape index (κ2) is 10.5. The molecule has 2 atom stereocenters. The van der Waals surface area contributed by atoms with E-state index in [9.17, 15) is 24.3 Å². The number of carbonyl (C=O) groups excluding carboxylic acids is 1. The summed E-state index contributed by atoms with van der Waals surface area (Å²) in [5.74, 6) is -2.05. The molecule has 0 saturated carbocycles. The average Bonchev–Trinajstić information content (AvgIpc) is 2.75. The minimum atomic E-state index is -1.28. The Morgan fingerprint density at radius 1 is 1.22 bits per heavy atom. The monoisotopic (exact) mass is 502 g/mol. The van der Waals surface area contributed by atoms with Crippen molar-refractivity contribution in [3.8, 4) is 0 Å². The molecule has 0 fully saturated rings. The van der Waals surface area contributed by atoms with Gasteiger partial charge in [-0.15, -0.1) is 0 Å². The van der Waals surface area contributed by atoms with E-state index in [0.717, 1.165) is 24.9 Å². The van der Waals surface area contributed by atoms with E-state index in [1.54, 1.807) is 12.1 Å². The largest absolute Gasteiger partial charge is 0.480 e. The van der Waals surface area contributed by atoms with E-state index < -0.39 is 23.9 Å². The summed E-state index contributed by atoms with van der Waals surface area (Å²) in [7, 11) is 0. The van der Waals surface area contributed by atoms with Crippen LogP contribution in [0.2, 0.25) is 0 Å². The first-order valence-corrected chi connectivity index (χ1v) is 11.1. The molecular weight excluding hydrogens is 479 g/mol. The molecule has 1 aromatic heterocycles. The Labute approximate surface area is 192 Å². The van der Waals surface area contributed by atoms with Crippen LogP contribution < -0.4 is 20.8 Å². The van der Waals surface area contributed by atoms with E-state index in [1.807, 2.05) is 12.1 Å². The SMILES string of the molecule is O=C(O)CC[C@H](NC(=O)c1ccc(CCC2CNc3nc([As])[nH]c(=O)c3C2)cc1)C(=O)O. The number of amides is 1. The third-order valence-corrected chi connectivity index (χ3v) is 5.81. The molecule has 0 bridgehead atoms. The van der Waals surface area contributed by atoms with Crippen LogP contribution in [0, 0.1) is 5.92 Å². The molecule has 5 N–H and O–H groups in total. The second-order valence-electron chi connectivity index (χ2n) is 7.70. The summed E-state index contributed by atoms with van der Waals surface area (Å²) in [5, 5.41) is 23.5. The number of rotatable bonds is 9. The first kappa shape index (κ1) is 23.5. The van der Waals surface area contributed by atoms with Gasteiger partial charge in [0.25, 0.3) is 5.91 Å². The molecule has 0 saturated heterocycles. The predicted molar refractivity (Wildman–Crippen MR) is 116 cm³/mol. The zero-order chi connectivity index (χ0) is 23.3. The van der Waals surface area contributed by atoms with Crippen molar-refractivity contribution < 1.29 is 24.6 Å². The van der Waals surface area contributed by atoms with E-state index in [2.05, 4.69) is 37.5 Å². The van der Waals surface area contributed by atoms with Crippen molar-refractivity contribution in [1.29, 1.82) is 0 Å². The number of hydrogen-bond donors (Lipinski definition) is 5. The Morgan fingerprint density at radius 2 is 1.94 bits per heavy atom. The standard InChI is InChI=1S/C21H23AsN4O6/c22-21-25-17-14(19(30)26-21)9-12(10-23-17)2-1-11-3-5-13(6-4-11)18(29)24-15(20(31)32)7-8-16(27)28/h3-6,12,15H,1-2,7-10H2,(H,24,29)(H,27,28)(H,31,32)(H2,23,25,26,30)/t12?,15-/m0/s1. The number of fused-ring (bicyclic) bond motifs is 1. The normalized spacial score (nSPS) is 15.8. The average molecular weight is 502 g/mol. The number of nitrogens with zero attached hydrogens (tertiary/aromatic N) is 1. The first-order chi connectivity index (χ1) is 15.2. The molecule has 1 unspecified atom stereocenters. The fourth-order valence-corrected chi connectivity index (χ4v) is 4.01. The molecule has 0 spiro atoms. The van der Waals surface area contributed by atoms with Gasteiger partial charge in [0, 0.05) is 6.42 Å². The molecular formula is C21H23AsN4O6. The van der Waals surface area contributed by atoms with Gasteiger partial charge in [-0.1, -0.05) is 0 Å². The van der Waals surface area contributed by atoms with Gasteiger partial charge >= 0.3 is 138 Å². The van der Waals surface area contributed by atoms with E-state index in [1.165, 1.54) is 0 Å². The van der Waals surface area contributed by atoms with Gasteiger partial charge in [0.05, 0.1) is 0 Å². The molecule has 1 aliphatic heterocycles. The summed E-state index contributed by atoms with van der Waals surface area (Å²) in [6.45, 7) is 0.725. The fourth-order valence-electron chi connectivity index (χ4n) is 3.59. The Kier molecular flexibility index (Phi) is 7.69. The number of benzene rings is 1. The summed E-state index contributed by atoms with van der Waals surface area (Å²) in [5.41, 5.74) is 1.86. The second-order valence-corrected chi connectivity index (χ2v) is 8.59. The third kappa shape index (κ3) is 6.20. The number of nitrogens with one attached hydrogen (secondary N) is 3. The molecule has 2 radical (unpaired) electrons. The molecule has 168 valence electrons. The van der Waals surface area contributed by atoms with Crippen LogP contribution in [0.3, 0.4) is 0 Å². The van der Waals surface area contributed by atoms with Crippen molar-refractivity contribution in [2.45, 2.75) is 38.1 Å². The van der Waals surface area contributed by atoms with Crippen LogP contribution in [0.25, 0.3) is 0 Å². The van der Waals surface area contributed by atoms with Crippen LogP contribution in [0.1, 0.15) is 40.7 Å². The van der Waals surface area contributed by atoms with Gasteiger partial charge < -0.3 is 15.5 Å². The molecule has 1 aromatic carbocycles. The van der Waals surface area contributed by atoms with Gasteiger partial charge in [-0.05, 0) is 6.42 Å². The van der Waals surface area contributed by atoms with E-state index >= 15 is 0 Å². The number of anilines is 1. The number of aromatic amines is 1. The Hall–Kier alpha value is -3.13. The number of hydrogen-bond acceptors (Lipinski definition) is 6. The van der Waals surface area contributed by atoms with E-state index in [0.29, 0.717) is 28.0 Å². The zero-order valence-electron chi connectivity index (χ0n) is 17.1. The molecule has 0 aliphatic carbocycles. The fraction of sp³-hybridized carbons (Fsp3) is 0.381. The maximum absolute atomic E-state index is 12.3. The minimum absolute atomic E-state index is 0.124. The van der Waals surface area contributed by atoms with Crippen molar-refractivity contribution in [3.63, 3.8) is 0 Å². The van der Waals surface area contributed by atoms with Crippen molar-refractivity contribution in [1.82, 2.24) is 15.3 Å². The summed E-state index contributed by atoms with van der Waals surface area (Å²) >= 11 is 2.22. The maximum atomic E-state index is 12.3. The summed E-state index contributed by atoms with van der Waals surface area (Å²) in [6, 6.07) is 5.58. The van der Waals surface area contributed by atoms with Gasteiger partial charge in [-0.25, -0.2) is 4.79 Å². The molecule has 3 rings (SSSR count). The molecule has 1 amide bonds. The quantitative estimate of drug-likeness (QED) is 0.295. The van der Waals surface area contributed by atoms with Gasteiger partial charge in [-0.2, -0.15) is 0 Å². The summed E-state index contributed by atoms with van der Waals surface area (Å²) < 4.78 is 0.521. The Bertz CT molecular complexity index is 1070. The third-order valence-electron chi connectivity index (χ3n) is 5.36. The van der Waals surface area contributed by atoms with Crippen molar-refractivity contribution in [3.05, 3.63) is 51.3 Å². The molecule has 11 heteroatoms.